The summed E-state index contributed by atoms with van der Waals surface area (Å²) in [5.41, 5.74) is 2.37. The molecule has 0 unspecified atom stereocenters. The van der Waals surface area contributed by atoms with Crippen molar-refractivity contribution in [3.63, 3.8) is 0 Å². The van der Waals surface area contributed by atoms with Gasteiger partial charge in [-0.15, -0.1) is 11.8 Å². The second-order valence-corrected chi connectivity index (χ2v) is 4.72. The van der Waals surface area contributed by atoms with Crippen molar-refractivity contribution < 1.29 is 4.39 Å². The van der Waals surface area contributed by atoms with Crippen LogP contribution in [0.2, 0.25) is 0 Å². The molecule has 0 amide bonds. The number of thioether (sulfide) groups is 1. The Morgan fingerprint density at radius 1 is 1.00 bits per heavy atom. The van der Waals surface area contributed by atoms with Crippen molar-refractivity contribution in [3.8, 4) is 0 Å². The van der Waals surface area contributed by atoms with Gasteiger partial charge in [-0.2, -0.15) is 4.39 Å². The minimum Gasteiger partial charge on any atom is -0.228 e. The minimum atomic E-state index is -0.418. The first-order valence-electron chi connectivity index (χ1n) is 5.51. The molecular formula is C14H14FNS. The first-order chi connectivity index (χ1) is 8.28. The van der Waals surface area contributed by atoms with Gasteiger partial charge in [0.2, 0.25) is 5.95 Å². The maximum absolute atomic E-state index is 12.6. The van der Waals surface area contributed by atoms with Crippen molar-refractivity contribution in [2.45, 2.75) is 17.7 Å². The fraction of sp³-hybridized carbons (Fsp3) is 0.214. The van der Waals surface area contributed by atoms with E-state index in [0.717, 1.165) is 18.4 Å². The standard InChI is InChI=1S/C14H14FNS/c1-17-13-7-4-11(5-8-13)2-3-12-6-9-14(15)16-10-12/h4-10H,2-3H2,1H3. The quantitative estimate of drug-likeness (QED) is 0.603. The smallest absolute Gasteiger partial charge is 0.212 e. The lowest BCUT2D eigenvalue weighted by atomic mass is 10.1. The lowest BCUT2D eigenvalue weighted by Gasteiger charge is -2.03. The van der Waals surface area contributed by atoms with E-state index in [4.69, 9.17) is 0 Å². The van der Waals surface area contributed by atoms with Gasteiger partial charge >= 0.3 is 0 Å². The summed E-state index contributed by atoms with van der Waals surface area (Å²) >= 11 is 1.74. The molecule has 2 rings (SSSR count). The Morgan fingerprint density at radius 3 is 2.24 bits per heavy atom. The van der Waals surface area contributed by atoms with E-state index in [1.165, 1.54) is 16.5 Å². The van der Waals surface area contributed by atoms with Crippen LogP contribution < -0.4 is 0 Å². The molecule has 2 aromatic rings. The topological polar surface area (TPSA) is 12.9 Å². The van der Waals surface area contributed by atoms with Crippen LogP contribution in [0.25, 0.3) is 0 Å². The van der Waals surface area contributed by atoms with Gasteiger partial charge in [-0.25, -0.2) is 4.98 Å². The van der Waals surface area contributed by atoms with Crippen LogP contribution in [0.3, 0.4) is 0 Å². The molecule has 0 bridgehead atoms. The van der Waals surface area contributed by atoms with Crippen molar-refractivity contribution >= 4 is 11.8 Å². The fourth-order valence-electron chi connectivity index (χ4n) is 1.64. The first kappa shape index (κ1) is 12.1. The minimum absolute atomic E-state index is 0.418. The highest BCUT2D eigenvalue weighted by Crippen LogP contribution is 2.16. The fourth-order valence-corrected chi connectivity index (χ4v) is 2.04. The SMILES string of the molecule is CSc1ccc(CCc2ccc(F)nc2)cc1. The molecule has 0 radical (unpaired) electrons. The third-order valence-corrected chi connectivity index (χ3v) is 3.39. The Hall–Kier alpha value is -1.35. The number of rotatable bonds is 4. The second kappa shape index (κ2) is 5.82. The van der Waals surface area contributed by atoms with Gasteiger partial charge in [-0.3, -0.25) is 0 Å². The Balaban J connectivity index is 1.95. The molecule has 1 nitrogen and oxygen atoms in total. The van der Waals surface area contributed by atoms with Crippen molar-refractivity contribution in [2.24, 2.45) is 0 Å². The van der Waals surface area contributed by atoms with Crippen LogP contribution in [0.5, 0.6) is 0 Å². The monoisotopic (exact) mass is 247 g/mol. The maximum atomic E-state index is 12.6. The molecule has 1 heterocycles. The molecule has 0 N–H and O–H groups in total. The number of pyridine rings is 1. The average Bonchev–Trinajstić information content (AvgIpc) is 2.39. The van der Waals surface area contributed by atoms with Gasteiger partial charge in [-0.05, 0) is 48.4 Å². The molecule has 88 valence electrons. The number of aryl methyl sites for hydroxylation is 2. The molecular weight excluding hydrogens is 233 g/mol. The second-order valence-electron chi connectivity index (χ2n) is 3.84. The third-order valence-electron chi connectivity index (χ3n) is 2.65. The number of hydrogen-bond acceptors (Lipinski definition) is 2. The van der Waals surface area contributed by atoms with Crippen molar-refractivity contribution in [3.05, 3.63) is 59.7 Å². The van der Waals surface area contributed by atoms with Gasteiger partial charge < -0.3 is 0 Å². The lowest BCUT2D eigenvalue weighted by molar-refractivity contribution is 0.582. The van der Waals surface area contributed by atoms with Gasteiger partial charge in [0.05, 0.1) is 0 Å². The molecule has 0 fully saturated rings. The summed E-state index contributed by atoms with van der Waals surface area (Å²) in [6, 6.07) is 11.7. The molecule has 0 aliphatic heterocycles. The molecule has 0 spiro atoms. The van der Waals surface area contributed by atoms with E-state index in [2.05, 4.69) is 35.5 Å². The Bertz CT molecular complexity index is 465. The number of benzene rings is 1. The van der Waals surface area contributed by atoms with Gasteiger partial charge in [0.25, 0.3) is 0 Å². The Morgan fingerprint density at radius 2 is 1.65 bits per heavy atom. The number of aromatic nitrogens is 1. The van der Waals surface area contributed by atoms with Gasteiger partial charge in [0.1, 0.15) is 0 Å². The van der Waals surface area contributed by atoms with Crippen LogP contribution in [0.15, 0.2) is 47.5 Å². The zero-order valence-electron chi connectivity index (χ0n) is 9.69. The van der Waals surface area contributed by atoms with E-state index in [9.17, 15) is 4.39 Å². The summed E-state index contributed by atoms with van der Waals surface area (Å²) in [5, 5.41) is 0. The zero-order chi connectivity index (χ0) is 12.1. The summed E-state index contributed by atoms with van der Waals surface area (Å²) in [6.07, 6.45) is 5.53. The van der Waals surface area contributed by atoms with Crippen molar-refractivity contribution in [2.75, 3.05) is 6.26 Å². The Kier molecular flexibility index (Phi) is 4.15. The predicted octanol–water partition coefficient (Wildman–Crippen LogP) is 3.73. The van der Waals surface area contributed by atoms with Crippen LogP contribution in [0.4, 0.5) is 4.39 Å². The largest absolute Gasteiger partial charge is 0.228 e. The molecule has 0 saturated carbocycles. The molecule has 3 heteroatoms. The van der Waals surface area contributed by atoms with Crippen LogP contribution in [-0.4, -0.2) is 11.2 Å². The molecule has 0 atom stereocenters. The molecule has 1 aromatic carbocycles. The number of nitrogens with zero attached hydrogens (tertiary/aromatic N) is 1. The highest BCUT2D eigenvalue weighted by molar-refractivity contribution is 7.98. The zero-order valence-corrected chi connectivity index (χ0v) is 10.5. The summed E-state index contributed by atoms with van der Waals surface area (Å²) in [7, 11) is 0. The van der Waals surface area contributed by atoms with Crippen molar-refractivity contribution in [1.29, 1.82) is 0 Å². The number of hydrogen-bond donors (Lipinski definition) is 0. The van der Waals surface area contributed by atoms with E-state index in [0.29, 0.717) is 0 Å². The molecule has 1 aromatic heterocycles. The maximum Gasteiger partial charge on any atom is 0.212 e. The van der Waals surface area contributed by atoms with Gasteiger partial charge in [-0.1, -0.05) is 18.2 Å². The molecule has 17 heavy (non-hydrogen) atoms. The van der Waals surface area contributed by atoms with Crippen LogP contribution in [0.1, 0.15) is 11.1 Å². The third kappa shape index (κ3) is 3.56. The predicted molar refractivity (Wildman–Crippen MR) is 69.8 cm³/mol. The van der Waals surface area contributed by atoms with Crippen LogP contribution >= 0.6 is 11.8 Å². The van der Waals surface area contributed by atoms with Gasteiger partial charge in [0, 0.05) is 11.1 Å². The van der Waals surface area contributed by atoms with Crippen LogP contribution in [0, 0.1) is 5.95 Å². The Labute approximate surface area is 105 Å². The van der Waals surface area contributed by atoms with Gasteiger partial charge in [0.15, 0.2) is 0 Å². The molecule has 0 saturated heterocycles. The van der Waals surface area contributed by atoms with E-state index < -0.39 is 5.95 Å². The van der Waals surface area contributed by atoms with Crippen molar-refractivity contribution in [1.82, 2.24) is 4.98 Å². The lowest BCUT2D eigenvalue weighted by Crippen LogP contribution is -1.93. The average molecular weight is 247 g/mol. The number of halogens is 1. The van der Waals surface area contributed by atoms with E-state index in [-0.39, 0.29) is 0 Å². The van der Waals surface area contributed by atoms with E-state index in [1.54, 1.807) is 24.0 Å². The first-order valence-corrected chi connectivity index (χ1v) is 6.74. The highest BCUT2D eigenvalue weighted by atomic mass is 32.2. The summed E-state index contributed by atoms with van der Waals surface area (Å²) in [6.45, 7) is 0. The molecule has 0 aliphatic carbocycles. The van der Waals surface area contributed by atoms with Crippen LogP contribution in [-0.2, 0) is 12.8 Å². The van der Waals surface area contributed by atoms with E-state index >= 15 is 0 Å². The summed E-state index contributed by atoms with van der Waals surface area (Å²) < 4.78 is 12.6. The molecule has 0 aliphatic rings. The highest BCUT2D eigenvalue weighted by Gasteiger charge is 1.98. The van der Waals surface area contributed by atoms with E-state index in [1.807, 2.05) is 0 Å². The summed E-state index contributed by atoms with van der Waals surface area (Å²) in [4.78, 5) is 4.92. The summed E-state index contributed by atoms with van der Waals surface area (Å²) in [5.74, 6) is -0.418. The normalized spacial score (nSPS) is 10.5.